The molecule has 3 aromatic carbocycles. The molecule has 0 saturated heterocycles. The Hall–Kier alpha value is -3.36. The molecule has 40 heavy (non-hydrogen) atoms. The van der Waals surface area contributed by atoms with Crippen LogP contribution in [0.1, 0.15) is 50.3 Å². The highest BCUT2D eigenvalue weighted by Gasteiger charge is 2.34. The van der Waals surface area contributed by atoms with E-state index in [9.17, 15) is 18.0 Å². The van der Waals surface area contributed by atoms with E-state index in [-0.39, 0.29) is 23.4 Å². The lowest BCUT2D eigenvalue weighted by Gasteiger charge is -2.34. The van der Waals surface area contributed by atoms with Gasteiger partial charge in [0.2, 0.25) is 11.8 Å². The molecule has 0 radical (unpaired) electrons. The normalized spacial score (nSPS) is 12.8. The number of sulfonamides is 1. The highest BCUT2D eigenvalue weighted by molar-refractivity contribution is 7.92. The molecule has 2 atom stereocenters. The van der Waals surface area contributed by atoms with Gasteiger partial charge in [-0.25, -0.2) is 8.42 Å². The van der Waals surface area contributed by atoms with Crippen LogP contribution in [0.15, 0.2) is 77.7 Å². The lowest BCUT2D eigenvalue weighted by molar-refractivity contribution is -0.140. The highest BCUT2D eigenvalue weighted by Crippen LogP contribution is 2.29. The molecule has 9 heteroatoms. The van der Waals surface area contributed by atoms with Crippen LogP contribution >= 0.6 is 11.6 Å². The second-order valence-corrected chi connectivity index (χ2v) is 12.2. The number of aryl methyl sites for hydroxylation is 1. The van der Waals surface area contributed by atoms with Crippen LogP contribution in [0.3, 0.4) is 0 Å². The molecule has 1 N–H and O–H groups in total. The van der Waals surface area contributed by atoms with Gasteiger partial charge in [0, 0.05) is 17.6 Å². The number of hydrogen-bond donors (Lipinski definition) is 1. The number of nitrogens with one attached hydrogen (secondary N) is 1. The third-order valence-electron chi connectivity index (χ3n) is 7.14. The molecule has 0 aliphatic heterocycles. The quantitative estimate of drug-likeness (QED) is 0.289. The van der Waals surface area contributed by atoms with Crippen molar-refractivity contribution in [2.45, 2.75) is 71.0 Å². The lowest BCUT2D eigenvalue weighted by atomic mass is 10.1. The molecule has 0 aliphatic rings. The molecule has 0 saturated carbocycles. The smallest absolute Gasteiger partial charge is 0.264 e. The van der Waals surface area contributed by atoms with E-state index in [2.05, 4.69) is 5.32 Å². The van der Waals surface area contributed by atoms with Gasteiger partial charge in [-0.3, -0.25) is 13.9 Å². The SMILES string of the molecule is CC[C@@H](C)NC(=O)[C@@H](CC)N(Cc1ccccc1Cl)C(=O)CN(c1cccc(C)c1C)S(=O)(=O)c1ccccc1. The molecule has 0 heterocycles. The summed E-state index contributed by atoms with van der Waals surface area (Å²) in [5.41, 5.74) is 2.71. The van der Waals surface area contributed by atoms with Gasteiger partial charge in [0.15, 0.2) is 0 Å². The summed E-state index contributed by atoms with van der Waals surface area (Å²) < 4.78 is 29.1. The van der Waals surface area contributed by atoms with Crippen molar-refractivity contribution >= 4 is 39.1 Å². The van der Waals surface area contributed by atoms with Crippen molar-refractivity contribution in [2.24, 2.45) is 0 Å². The Labute approximate surface area is 243 Å². The van der Waals surface area contributed by atoms with Crippen LogP contribution in [0.25, 0.3) is 0 Å². The molecule has 2 amide bonds. The van der Waals surface area contributed by atoms with Gasteiger partial charge in [-0.05, 0) is 74.6 Å². The van der Waals surface area contributed by atoms with E-state index in [4.69, 9.17) is 11.6 Å². The maximum atomic E-state index is 14.2. The number of hydrogen-bond acceptors (Lipinski definition) is 4. The minimum absolute atomic E-state index is 0.0525. The summed E-state index contributed by atoms with van der Waals surface area (Å²) in [6, 6.07) is 19.6. The molecule has 3 aromatic rings. The van der Waals surface area contributed by atoms with Crippen molar-refractivity contribution < 1.29 is 18.0 Å². The van der Waals surface area contributed by atoms with Gasteiger partial charge < -0.3 is 10.2 Å². The summed E-state index contributed by atoms with van der Waals surface area (Å²) in [6.07, 6.45) is 1.07. The lowest BCUT2D eigenvalue weighted by Crippen LogP contribution is -2.53. The average Bonchev–Trinajstić information content (AvgIpc) is 2.94. The first-order valence-electron chi connectivity index (χ1n) is 13.5. The maximum absolute atomic E-state index is 14.2. The Morgan fingerprint density at radius 1 is 0.900 bits per heavy atom. The van der Waals surface area contributed by atoms with Gasteiger partial charge in [-0.1, -0.05) is 74.0 Å². The largest absolute Gasteiger partial charge is 0.352 e. The van der Waals surface area contributed by atoms with Gasteiger partial charge in [0.25, 0.3) is 10.0 Å². The standard InChI is InChI=1S/C31H38ClN3O4S/c1-6-23(4)33-31(37)28(7-2)34(20-25-15-11-12-18-27(25)32)30(36)21-35(29-19-13-14-22(3)24(29)5)40(38,39)26-16-9-8-10-17-26/h8-19,23,28H,6-7,20-21H2,1-5H3,(H,33,37)/t23-,28-/m1/s1. The fourth-order valence-corrected chi connectivity index (χ4v) is 6.10. The van der Waals surface area contributed by atoms with Crippen molar-refractivity contribution in [1.29, 1.82) is 0 Å². The molecule has 0 spiro atoms. The van der Waals surface area contributed by atoms with Crippen molar-refractivity contribution in [1.82, 2.24) is 10.2 Å². The zero-order chi connectivity index (χ0) is 29.4. The van der Waals surface area contributed by atoms with Crippen molar-refractivity contribution in [2.75, 3.05) is 10.8 Å². The zero-order valence-corrected chi connectivity index (χ0v) is 25.3. The summed E-state index contributed by atoms with van der Waals surface area (Å²) >= 11 is 6.45. The van der Waals surface area contributed by atoms with Crippen LogP contribution in [0.4, 0.5) is 5.69 Å². The van der Waals surface area contributed by atoms with Gasteiger partial charge in [-0.15, -0.1) is 0 Å². The first-order chi connectivity index (χ1) is 19.0. The van der Waals surface area contributed by atoms with E-state index < -0.39 is 28.5 Å². The van der Waals surface area contributed by atoms with Gasteiger partial charge >= 0.3 is 0 Å². The number of nitrogens with zero attached hydrogens (tertiary/aromatic N) is 2. The summed E-state index contributed by atoms with van der Waals surface area (Å²) in [4.78, 5) is 29.1. The first kappa shape index (κ1) is 31.2. The summed E-state index contributed by atoms with van der Waals surface area (Å²) in [6.45, 7) is 8.99. The summed E-state index contributed by atoms with van der Waals surface area (Å²) in [5.74, 6) is -0.798. The third kappa shape index (κ3) is 7.23. The predicted molar refractivity (Wildman–Crippen MR) is 161 cm³/mol. The van der Waals surface area contributed by atoms with Gasteiger partial charge in [0.05, 0.1) is 10.6 Å². The van der Waals surface area contributed by atoms with Crippen LogP contribution < -0.4 is 9.62 Å². The molecule has 0 fully saturated rings. The summed E-state index contributed by atoms with van der Waals surface area (Å²) in [7, 11) is -4.12. The number of halogens is 1. The molecule has 7 nitrogen and oxygen atoms in total. The second kappa shape index (κ2) is 13.8. The van der Waals surface area contributed by atoms with Crippen molar-refractivity contribution in [3.8, 4) is 0 Å². The molecule has 0 unspecified atom stereocenters. The third-order valence-corrected chi connectivity index (χ3v) is 9.28. The van der Waals surface area contributed by atoms with Crippen LogP contribution in [0.2, 0.25) is 5.02 Å². The fraction of sp³-hybridized carbons (Fsp3) is 0.355. The van der Waals surface area contributed by atoms with E-state index in [0.29, 0.717) is 22.7 Å². The minimum Gasteiger partial charge on any atom is -0.352 e. The van der Waals surface area contributed by atoms with E-state index in [1.165, 1.54) is 17.0 Å². The maximum Gasteiger partial charge on any atom is 0.264 e. The number of benzene rings is 3. The van der Waals surface area contributed by atoms with Crippen LogP contribution in [-0.4, -0.2) is 43.8 Å². The van der Waals surface area contributed by atoms with Crippen molar-refractivity contribution in [3.63, 3.8) is 0 Å². The topological polar surface area (TPSA) is 86.8 Å². The first-order valence-corrected chi connectivity index (χ1v) is 15.3. The number of amides is 2. The van der Waals surface area contributed by atoms with Gasteiger partial charge in [-0.2, -0.15) is 0 Å². The van der Waals surface area contributed by atoms with E-state index in [1.54, 1.807) is 48.5 Å². The molecule has 0 aromatic heterocycles. The Morgan fingerprint density at radius 2 is 1.55 bits per heavy atom. The molecule has 0 aliphatic carbocycles. The molecule has 3 rings (SSSR count). The van der Waals surface area contributed by atoms with Crippen LogP contribution in [-0.2, 0) is 26.2 Å². The molecule has 214 valence electrons. The Balaban J connectivity index is 2.10. The highest BCUT2D eigenvalue weighted by atomic mass is 35.5. The Morgan fingerprint density at radius 3 is 2.17 bits per heavy atom. The average molecular weight is 584 g/mol. The number of carbonyl (C=O) groups excluding carboxylic acids is 2. The molecule has 0 bridgehead atoms. The minimum atomic E-state index is -4.12. The van der Waals surface area contributed by atoms with E-state index in [0.717, 1.165) is 21.9 Å². The van der Waals surface area contributed by atoms with E-state index >= 15 is 0 Å². The zero-order valence-electron chi connectivity index (χ0n) is 23.7. The number of rotatable bonds is 12. The summed E-state index contributed by atoms with van der Waals surface area (Å²) in [5, 5.41) is 3.44. The number of anilines is 1. The fourth-order valence-electron chi connectivity index (χ4n) is 4.41. The monoisotopic (exact) mass is 583 g/mol. The van der Waals surface area contributed by atoms with Crippen LogP contribution in [0, 0.1) is 13.8 Å². The van der Waals surface area contributed by atoms with E-state index in [1.807, 2.05) is 46.8 Å². The van der Waals surface area contributed by atoms with Crippen molar-refractivity contribution in [3.05, 3.63) is 94.5 Å². The Bertz CT molecular complexity index is 1430. The Kier molecular flexibility index (Phi) is 10.8. The number of carbonyl (C=O) groups is 2. The second-order valence-electron chi connectivity index (χ2n) is 9.90. The van der Waals surface area contributed by atoms with Crippen LogP contribution in [0.5, 0.6) is 0 Å². The van der Waals surface area contributed by atoms with Gasteiger partial charge in [0.1, 0.15) is 12.6 Å². The molecular weight excluding hydrogens is 546 g/mol. The molecular formula is C31H38ClN3O4S. The predicted octanol–water partition coefficient (Wildman–Crippen LogP) is 5.87.